The summed E-state index contributed by atoms with van der Waals surface area (Å²) in [6.07, 6.45) is 12.8. The fourth-order valence-corrected chi connectivity index (χ4v) is 6.94. The van der Waals surface area contributed by atoms with E-state index in [-0.39, 0.29) is 45.5 Å². The van der Waals surface area contributed by atoms with Gasteiger partial charge in [-0.15, -0.1) is 6.42 Å². The molecule has 3 saturated heterocycles. The molecule has 0 amide bonds. The summed E-state index contributed by atoms with van der Waals surface area (Å²) >= 11 is 0. The van der Waals surface area contributed by atoms with Crippen LogP contribution in [0.25, 0.3) is 32.9 Å². The van der Waals surface area contributed by atoms with E-state index in [1.807, 2.05) is 0 Å². The summed E-state index contributed by atoms with van der Waals surface area (Å²) in [6, 6.07) is 6.12. The number of fused-ring (bicyclic) bond motifs is 3. The average Bonchev–Trinajstić information content (AvgIpc) is 3.62. The second-order valence-corrected chi connectivity index (χ2v) is 11.8. The van der Waals surface area contributed by atoms with Crippen LogP contribution in [0, 0.1) is 24.0 Å². The topological polar surface area (TPSA) is 83.8 Å². The number of phenolic OH excluding ortho intramolecular Hbond substituents is 1. The number of piperidine rings is 1. The minimum absolute atomic E-state index is 0.00116. The van der Waals surface area contributed by atoms with E-state index >= 15 is 4.39 Å². The van der Waals surface area contributed by atoms with E-state index in [2.05, 4.69) is 30.7 Å². The average molecular weight is 620 g/mol. The van der Waals surface area contributed by atoms with Crippen molar-refractivity contribution >= 4 is 27.5 Å². The Kier molecular flexibility index (Phi) is 8.97. The van der Waals surface area contributed by atoms with E-state index < -0.39 is 17.8 Å². The van der Waals surface area contributed by atoms with E-state index in [0.29, 0.717) is 42.3 Å². The zero-order valence-electron chi connectivity index (χ0n) is 25.4. The Morgan fingerprint density at radius 1 is 1.09 bits per heavy atom. The SMILES string of the molecule is C#Cc1c(F)ccc2cc(O)cc(-c3ncc4c(N5CCCCC5COC)nc(OC)nc4c3F)c12.FC1CC2CCCN2C1. The molecule has 3 fully saturated rings. The highest BCUT2D eigenvalue weighted by atomic mass is 19.1. The number of aromatic nitrogens is 3. The van der Waals surface area contributed by atoms with Crippen LogP contribution in [0.1, 0.15) is 44.1 Å². The number of anilines is 1. The van der Waals surface area contributed by atoms with Crippen molar-refractivity contribution in [3.8, 4) is 35.4 Å². The molecular formula is C34H36F3N5O3. The number of hydrogen-bond acceptors (Lipinski definition) is 8. The lowest BCUT2D eigenvalue weighted by molar-refractivity contribution is 0.166. The van der Waals surface area contributed by atoms with Crippen molar-refractivity contribution in [3.63, 3.8) is 0 Å². The lowest BCUT2D eigenvalue weighted by Gasteiger charge is -2.36. The van der Waals surface area contributed by atoms with Crippen LogP contribution in [0.3, 0.4) is 0 Å². The maximum absolute atomic E-state index is 16.2. The number of terminal acetylenes is 1. The summed E-state index contributed by atoms with van der Waals surface area (Å²) in [5.41, 5.74) is -0.00489. The summed E-state index contributed by atoms with van der Waals surface area (Å²) < 4.78 is 54.1. The van der Waals surface area contributed by atoms with E-state index in [1.165, 1.54) is 50.4 Å². The van der Waals surface area contributed by atoms with Crippen molar-refractivity contribution in [2.75, 3.05) is 45.4 Å². The number of benzene rings is 2. The van der Waals surface area contributed by atoms with Crippen molar-refractivity contribution < 1.29 is 27.8 Å². The van der Waals surface area contributed by atoms with Gasteiger partial charge in [0, 0.05) is 43.4 Å². The number of aromatic hydroxyl groups is 1. The van der Waals surface area contributed by atoms with Crippen molar-refractivity contribution in [2.24, 2.45) is 0 Å². The largest absolute Gasteiger partial charge is 0.508 e. The Labute approximate surface area is 260 Å². The lowest BCUT2D eigenvalue weighted by atomic mass is 9.95. The van der Waals surface area contributed by atoms with E-state index in [9.17, 15) is 13.9 Å². The van der Waals surface area contributed by atoms with Crippen molar-refractivity contribution in [2.45, 2.75) is 56.8 Å². The number of pyridine rings is 1. The van der Waals surface area contributed by atoms with E-state index in [4.69, 9.17) is 15.9 Å². The number of hydrogen-bond donors (Lipinski definition) is 1. The molecule has 0 radical (unpaired) electrons. The normalized spacial score (nSPS) is 21.4. The summed E-state index contributed by atoms with van der Waals surface area (Å²) in [6.45, 7) is 3.07. The molecule has 0 saturated carbocycles. The first kappa shape index (κ1) is 30.9. The number of alkyl halides is 1. The Hall–Kier alpha value is -4.14. The van der Waals surface area contributed by atoms with Gasteiger partial charge in [-0.05, 0) is 68.7 Å². The first-order valence-corrected chi connectivity index (χ1v) is 15.3. The van der Waals surface area contributed by atoms with Gasteiger partial charge in [0.1, 0.15) is 34.8 Å². The van der Waals surface area contributed by atoms with Gasteiger partial charge in [0.05, 0.1) is 30.7 Å². The number of phenols is 1. The van der Waals surface area contributed by atoms with E-state index in [0.717, 1.165) is 32.2 Å². The van der Waals surface area contributed by atoms with Crippen LogP contribution >= 0.6 is 0 Å². The van der Waals surface area contributed by atoms with Crippen LogP contribution in [0.15, 0.2) is 30.5 Å². The van der Waals surface area contributed by atoms with Crippen molar-refractivity contribution in [1.29, 1.82) is 0 Å². The van der Waals surface area contributed by atoms with Gasteiger partial charge >= 0.3 is 6.01 Å². The Balaban J connectivity index is 0.000000337. The Bertz CT molecular complexity index is 1750. The van der Waals surface area contributed by atoms with Gasteiger partial charge in [0.2, 0.25) is 0 Å². The van der Waals surface area contributed by atoms with Gasteiger partial charge in [-0.3, -0.25) is 9.88 Å². The number of methoxy groups -OCH3 is 2. The van der Waals surface area contributed by atoms with Gasteiger partial charge in [0.15, 0.2) is 5.82 Å². The predicted molar refractivity (Wildman–Crippen MR) is 167 cm³/mol. The fraction of sp³-hybridized carbons (Fsp3) is 0.441. The summed E-state index contributed by atoms with van der Waals surface area (Å²) in [5, 5.41) is 11.5. The molecule has 8 nitrogen and oxygen atoms in total. The molecule has 0 aliphatic carbocycles. The maximum atomic E-state index is 16.2. The Morgan fingerprint density at radius 2 is 1.93 bits per heavy atom. The predicted octanol–water partition coefficient (Wildman–Crippen LogP) is 6.02. The summed E-state index contributed by atoms with van der Waals surface area (Å²) in [4.78, 5) is 17.6. The molecule has 4 aromatic rings. The van der Waals surface area contributed by atoms with Gasteiger partial charge in [-0.1, -0.05) is 12.0 Å². The molecule has 2 aromatic carbocycles. The molecule has 3 aliphatic rings. The first-order chi connectivity index (χ1) is 21.8. The maximum Gasteiger partial charge on any atom is 0.318 e. The molecule has 0 bridgehead atoms. The molecule has 7 rings (SSSR count). The minimum atomic E-state index is -0.756. The Morgan fingerprint density at radius 3 is 2.69 bits per heavy atom. The standard InChI is InChI=1S/C27H24F2N4O3.C7H12FN/c1-4-18-21(28)9-8-15-11-17(34)12-19(22(15)18)24-23(29)25-20(13-30-24)26(32-27(31-25)36-3)33-10-6-5-7-16(33)14-35-2;8-6-4-7-2-1-3-9(7)5-6/h1,8-9,11-13,16,34H,5-7,10,14H2,2-3H3;6-7H,1-5H2. The third kappa shape index (κ3) is 5.97. The van der Waals surface area contributed by atoms with Crippen LogP contribution in [-0.4, -0.2) is 83.7 Å². The first-order valence-electron chi connectivity index (χ1n) is 15.3. The second kappa shape index (κ2) is 13.1. The molecule has 3 unspecified atom stereocenters. The number of ether oxygens (including phenoxy) is 2. The number of halogens is 3. The smallest absolute Gasteiger partial charge is 0.318 e. The van der Waals surface area contributed by atoms with Gasteiger partial charge in [-0.2, -0.15) is 9.97 Å². The molecule has 3 atom stereocenters. The minimum Gasteiger partial charge on any atom is -0.508 e. The monoisotopic (exact) mass is 619 g/mol. The molecular weight excluding hydrogens is 583 g/mol. The van der Waals surface area contributed by atoms with Crippen LogP contribution in [0.2, 0.25) is 0 Å². The molecule has 5 heterocycles. The number of rotatable bonds is 5. The highest BCUT2D eigenvalue weighted by Crippen LogP contribution is 2.39. The molecule has 11 heteroatoms. The third-order valence-electron chi connectivity index (χ3n) is 9.00. The van der Waals surface area contributed by atoms with Crippen molar-refractivity contribution in [1.82, 2.24) is 19.9 Å². The zero-order chi connectivity index (χ0) is 31.7. The van der Waals surface area contributed by atoms with Gasteiger partial charge in [0.25, 0.3) is 0 Å². The lowest BCUT2D eigenvalue weighted by Crippen LogP contribution is -2.43. The molecule has 1 N–H and O–H groups in total. The fourth-order valence-electron chi connectivity index (χ4n) is 6.94. The van der Waals surface area contributed by atoms with Gasteiger partial charge in [-0.25, -0.2) is 13.2 Å². The quantitative estimate of drug-likeness (QED) is 0.272. The number of nitrogens with zero attached hydrogens (tertiary/aromatic N) is 5. The molecule has 0 spiro atoms. The van der Waals surface area contributed by atoms with Gasteiger partial charge < -0.3 is 19.5 Å². The molecule has 3 aliphatic heterocycles. The third-order valence-corrected chi connectivity index (χ3v) is 9.00. The highest BCUT2D eigenvalue weighted by molar-refractivity contribution is 6.03. The summed E-state index contributed by atoms with van der Waals surface area (Å²) in [5.74, 6) is 1.33. The molecule has 2 aromatic heterocycles. The van der Waals surface area contributed by atoms with Crippen LogP contribution in [-0.2, 0) is 4.74 Å². The zero-order valence-corrected chi connectivity index (χ0v) is 25.4. The van der Waals surface area contributed by atoms with E-state index in [1.54, 1.807) is 7.11 Å². The molecule has 45 heavy (non-hydrogen) atoms. The van der Waals surface area contributed by atoms with Crippen LogP contribution in [0.5, 0.6) is 11.8 Å². The second-order valence-electron chi connectivity index (χ2n) is 11.8. The summed E-state index contributed by atoms with van der Waals surface area (Å²) in [7, 11) is 3.06. The highest BCUT2D eigenvalue weighted by Gasteiger charge is 2.35. The molecule has 236 valence electrons. The van der Waals surface area contributed by atoms with Crippen LogP contribution in [0.4, 0.5) is 19.0 Å². The van der Waals surface area contributed by atoms with Crippen molar-refractivity contribution in [3.05, 3.63) is 47.7 Å². The van der Waals surface area contributed by atoms with Crippen LogP contribution < -0.4 is 9.64 Å².